The maximum Gasteiger partial charge on any atom is 0.317 e. The molecule has 6 heteroatoms. The van der Waals surface area contributed by atoms with Gasteiger partial charge in [0.2, 0.25) is 0 Å². The third-order valence-corrected chi connectivity index (χ3v) is 5.49. The maximum atomic E-state index is 12.6. The van der Waals surface area contributed by atoms with Crippen LogP contribution in [0.25, 0.3) is 0 Å². The van der Waals surface area contributed by atoms with Gasteiger partial charge in [-0.2, -0.15) is 5.26 Å². The van der Waals surface area contributed by atoms with Gasteiger partial charge in [0.05, 0.1) is 17.7 Å². The zero-order valence-electron chi connectivity index (χ0n) is 13.8. The number of nitrogens with zero attached hydrogens (tertiary/aromatic N) is 2. The Morgan fingerprint density at radius 1 is 1.40 bits per heavy atom. The highest BCUT2D eigenvalue weighted by Gasteiger charge is 2.23. The van der Waals surface area contributed by atoms with Crippen molar-refractivity contribution >= 4 is 29.4 Å². The van der Waals surface area contributed by atoms with Crippen LogP contribution in [0.2, 0.25) is 5.02 Å². The van der Waals surface area contributed by atoms with E-state index in [-0.39, 0.29) is 12.1 Å². The van der Waals surface area contributed by atoms with Crippen molar-refractivity contribution in [2.75, 3.05) is 12.8 Å². The lowest BCUT2D eigenvalue weighted by Crippen LogP contribution is -2.39. The summed E-state index contributed by atoms with van der Waals surface area (Å²) in [6.07, 6.45) is 0.876. The van der Waals surface area contributed by atoms with E-state index in [1.807, 2.05) is 30.3 Å². The Morgan fingerprint density at radius 2 is 2.24 bits per heavy atom. The summed E-state index contributed by atoms with van der Waals surface area (Å²) in [4.78, 5) is 15.4. The zero-order valence-corrected chi connectivity index (χ0v) is 15.4. The summed E-state index contributed by atoms with van der Waals surface area (Å²) in [5.41, 5.74) is 2.61. The minimum absolute atomic E-state index is 0.0321. The van der Waals surface area contributed by atoms with E-state index in [9.17, 15) is 4.79 Å². The van der Waals surface area contributed by atoms with Crippen LogP contribution in [0.4, 0.5) is 4.79 Å². The van der Waals surface area contributed by atoms with Gasteiger partial charge in [-0.25, -0.2) is 4.79 Å². The number of fused-ring (bicyclic) bond motifs is 1. The Balaban J connectivity index is 1.68. The average molecular weight is 372 g/mol. The Kier molecular flexibility index (Phi) is 5.52. The topological polar surface area (TPSA) is 56.1 Å². The molecule has 1 aliphatic heterocycles. The van der Waals surface area contributed by atoms with Crippen LogP contribution in [0.5, 0.6) is 0 Å². The molecule has 4 nitrogen and oxygen atoms in total. The van der Waals surface area contributed by atoms with Crippen LogP contribution in [0.3, 0.4) is 0 Å². The van der Waals surface area contributed by atoms with Gasteiger partial charge in [-0.1, -0.05) is 23.7 Å². The first-order valence-electron chi connectivity index (χ1n) is 8.00. The number of carbonyl (C=O) groups is 1. The standard InChI is InChI=1S/C19H18ClN3OS/c1-23(12-14-4-2-3-13(9-14)11-21)19(24)22-17-7-8-25-18-6-5-15(20)10-16(17)18/h2-6,9-10,17H,7-8,12H2,1H3,(H,22,24). The summed E-state index contributed by atoms with van der Waals surface area (Å²) in [5.74, 6) is 0.966. The SMILES string of the molecule is CN(Cc1cccc(C#N)c1)C(=O)NC1CCSc2ccc(Cl)cc21. The van der Waals surface area contributed by atoms with Gasteiger partial charge in [-0.15, -0.1) is 11.8 Å². The first-order valence-corrected chi connectivity index (χ1v) is 9.36. The van der Waals surface area contributed by atoms with Gasteiger partial charge in [-0.3, -0.25) is 0 Å². The van der Waals surface area contributed by atoms with Gasteiger partial charge >= 0.3 is 6.03 Å². The molecule has 0 saturated carbocycles. The lowest BCUT2D eigenvalue weighted by atomic mass is 10.0. The number of amides is 2. The number of benzene rings is 2. The zero-order chi connectivity index (χ0) is 17.8. The largest absolute Gasteiger partial charge is 0.331 e. The number of nitrogens with one attached hydrogen (secondary N) is 1. The van der Waals surface area contributed by atoms with Crippen molar-refractivity contribution in [1.29, 1.82) is 5.26 Å². The molecule has 1 N–H and O–H groups in total. The quantitative estimate of drug-likeness (QED) is 0.858. The monoisotopic (exact) mass is 371 g/mol. The second kappa shape index (κ2) is 7.81. The number of urea groups is 1. The Labute approximate surface area is 156 Å². The smallest absolute Gasteiger partial charge is 0.317 e. The molecule has 1 unspecified atom stereocenters. The molecule has 1 aliphatic rings. The number of hydrogen-bond acceptors (Lipinski definition) is 3. The van der Waals surface area contributed by atoms with E-state index in [1.165, 1.54) is 4.90 Å². The van der Waals surface area contributed by atoms with Crippen molar-refractivity contribution < 1.29 is 4.79 Å². The molecule has 2 amide bonds. The van der Waals surface area contributed by atoms with Crippen molar-refractivity contribution in [3.63, 3.8) is 0 Å². The van der Waals surface area contributed by atoms with Gasteiger partial charge in [0.15, 0.2) is 0 Å². The molecule has 1 heterocycles. The normalized spacial score (nSPS) is 15.8. The van der Waals surface area contributed by atoms with Crippen molar-refractivity contribution in [3.8, 4) is 6.07 Å². The molecule has 0 aromatic heterocycles. The molecular weight excluding hydrogens is 354 g/mol. The van der Waals surface area contributed by atoms with Crippen LogP contribution in [0, 0.1) is 11.3 Å². The van der Waals surface area contributed by atoms with E-state index in [0.717, 1.165) is 23.3 Å². The Hall–Kier alpha value is -2.16. The van der Waals surface area contributed by atoms with Crippen LogP contribution in [0.15, 0.2) is 47.4 Å². The molecule has 3 rings (SSSR count). The number of hydrogen-bond donors (Lipinski definition) is 1. The third kappa shape index (κ3) is 4.28. The van der Waals surface area contributed by atoms with Crippen molar-refractivity contribution in [2.24, 2.45) is 0 Å². The van der Waals surface area contributed by atoms with Crippen LogP contribution < -0.4 is 5.32 Å². The van der Waals surface area contributed by atoms with E-state index in [4.69, 9.17) is 16.9 Å². The summed E-state index contributed by atoms with van der Waals surface area (Å²) in [5, 5.41) is 12.8. The molecule has 0 fully saturated rings. The predicted octanol–water partition coefficient (Wildman–Crippen LogP) is 4.59. The van der Waals surface area contributed by atoms with Gasteiger partial charge < -0.3 is 10.2 Å². The molecule has 0 bridgehead atoms. The van der Waals surface area contributed by atoms with Gasteiger partial charge in [0.25, 0.3) is 0 Å². The van der Waals surface area contributed by atoms with Crippen LogP contribution >= 0.6 is 23.4 Å². The van der Waals surface area contributed by atoms with Gasteiger partial charge in [0.1, 0.15) is 0 Å². The van der Waals surface area contributed by atoms with Gasteiger partial charge in [-0.05, 0) is 47.9 Å². The van der Waals surface area contributed by atoms with Crippen LogP contribution in [-0.2, 0) is 6.54 Å². The van der Waals surface area contributed by atoms with Crippen molar-refractivity contribution in [1.82, 2.24) is 10.2 Å². The van der Waals surface area contributed by atoms with E-state index in [1.54, 1.807) is 35.8 Å². The molecular formula is C19H18ClN3OS. The minimum Gasteiger partial charge on any atom is -0.331 e. The number of halogens is 1. The van der Waals surface area contributed by atoms with Crippen LogP contribution in [0.1, 0.15) is 29.2 Å². The molecule has 0 aliphatic carbocycles. The fourth-order valence-corrected chi connectivity index (χ4v) is 4.15. The molecule has 25 heavy (non-hydrogen) atoms. The van der Waals surface area contributed by atoms with E-state index in [2.05, 4.69) is 11.4 Å². The highest BCUT2D eigenvalue weighted by atomic mass is 35.5. The lowest BCUT2D eigenvalue weighted by molar-refractivity contribution is 0.202. The van der Waals surface area contributed by atoms with Crippen molar-refractivity contribution in [3.05, 3.63) is 64.2 Å². The number of nitriles is 1. The average Bonchev–Trinajstić information content (AvgIpc) is 2.62. The highest BCUT2D eigenvalue weighted by Crippen LogP contribution is 2.37. The number of rotatable bonds is 3. The highest BCUT2D eigenvalue weighted by molar-refractivity contribution is 7.99. The lowest BCUT2D eigenvalue weighted by Gasteiger charge is -2.28. The molecule has 0 spiro atoms. The summed E-state index contributed by atoms with van der Waals surface area (Å²) in [6, 6.07) is 15.1. The van der Waals surface area contributed by atoms with Crippen molar-refractivity contribution in [2.45, 2.75) is 23.9 Å². The molecule has 1 atom stereocenters. The predicted molar refractivity (Wildman–Crippen MR) is 101 cm³/mol. The molecule has 128 valence electrons. The van der Waals surface area contributed by atoms with E-state index < -0.39 is 0 Å². The fourth-order valence-electron chi connectivity index (χ4n) is 2.86. The van der Waals surface area contributed by atoms with Gasteiger partial charge in [0, 0.05) is 29.3 Å². The summed E-state index contributed by atoms with van der Waals surface area (Å²) in [7, 11) is 1.75. The summed E-state index contributed by atoms with van der Waals surface area (Å²) >= 11 is 7.91. The number of carbonyl (C=O) groups excluding carboxylic acids is 1. The number of thioether (sulfide) groups is 1. The van der Waals surface area contributed by atoms with E-state index >= 15 is 0 Å². The maximum absolute atomic E-state index is 12.6. The first kappa shape index (κ1) is 17.7. The summed E-state index contributed by atoms with van der Waals surface area (Å²) in [6.45, 7) is 0.450. The Bertz CT molecular complexity index is 834. The molecule has 0 saturated heterocycles. The summed E-state index contributed by atoms with van der Waals surface area (Å²) < 4.78 is 0. The van der Waals surface area contributed by atoms with E-state index in [0.29, 0.717) is 17.1 Å². The second-order valence-electron chi connectivity index (χ2n) is 5.99. The van der Waals surface area contributed by atoms with Crippen LogP contribution in [-0.4, -0.2) is 23.7 Å². The molecule has 2 aromatic carbocycles. The first-order chi connectivity index (χ1) is 12.1. The molecule has 2 aromatic rings. The Morgan fingerprint density at radius 3 is 3.04 bits per heavy atom. The molecule has 0 radical (unpaired) electrons. The minimum atomic E-state index is -0.134. The fraction of sp³-hybridized carbons (Fsp3) is 0.263. The third-order valence-electron chi connectivity index (χ3n) is 4.13. The second-order valence-corrected chi connectivity index (χ2v) is 7.56.